The van der Waals surface area contributed by atoms with Crippen LogP contribution >= 0.6 is 0 Å². The summed E-state index contributed by atoms with van der Waals surface area (Å²) in [5.74, 6) is 2.40. The van der Waals surface area contributed by atoms with Gasteiger partial charge < -0.3 is 5.32 Å². The molecule has 4 bridgehead atoms. The molecule has 2 aromatic carbocycles. The zero-order chi connectivity index (χ0) is 22.8. The van der Waals surface area contributed by atoms with Gasteiger partial charge in [0.15, 0.2) is 11.6 Å². The fraction of sp³-hybridized carbons (Fsp3) is 0.483. The van der Waals surface area contributed by atoms with Crippen LogP contribution in [0.3, 0.4) is 0 Å². The minimum Gasteiger partial charge on any atom is -0.363 e. The molecule has 170 valence electrons. The van der Waals surface area contributed by atoms with Gasteiger partial charge in [0, 0.05) is 16.7 Å². The first kappa shape index (κ1) is 20.8. The van der Waals surface area contributed by atoms with E-state index in [1.807, 2.05) is 0 Å². The van der Waals surface area contributed by atoms with Gasteiger partial charge in [-0.1, -0.05) is 73.5 Å². The van der Waals surface area contributed by atoms with E-state index in [-0.39, 0.29) is 5.54 Å². The van der Waals surface area contributed by atoms with Crippen LogP contribution in [0.4, 0.5) is 5.82 Å². The molecular formula is C29H34N4. The second kappa shape index (κ2) is 7.12. The third-order valence-corrected chi connectivity index (χ3v) is 8.33. The van der Waals surface area contributed by atoms with Gasteiger partial charge in [-0.05, 0) is 69.1 Å². The van der Waals surface area contributed by atoms with E-state index in [1.165, 1.54) is 49.7 Å². The van der Waals surface area contributed by atoms with Gasteiger partial charge >= 0.3 is 0 Å². The fourth-order valence-electron chi connectivity index (χ4n) is 7.98. The van der Waals surface area contributed by atoms with Crippen LogP contribution in [0.2, 0.25) is 0 Å². The summed E-state index contributed by atoms with van der Waals surface area (Å²) in [6, 6.07) is 17.0. The van der Waals surface area contributed by atoms with Crippen molar-refractivity contribution in [2.75, 3.05) is 5.32 Å². The molecule has 1 heterocycles. The van der Waals surface area contributed by atoms with Gasteiger partial charge in [-0.25, -0.2) is 4.98 Å². The van der Waals surface area contributed by atoms with E-state index in [0.29, 0.717) is 16.7 Å². The summed E-state index contributed by atoms with van der Waals surface area (Å²) >= 11 is 0. The molecule has 4 nitrogen and oxygen atoms in total. The predicted octanol–water partition coefficient (Wildman–Crippen LogP) is 6.98. The number of anilines is 1. The lowest BCUT2D eigenvalue weighted by atomic mass is 9.43. The summed E-state index contributed by atoms with van der Waals surface area (Å²) in [5.41, 5.74) is 6.39. The van der Waals surface area contributed by atoms with E-state index in [1.54, 1.807) is 0 Å². The van der Waals surface area contributed by atoms with Crippen molar-refractivity contribution in [3.63, 3.8) is 0 Å². The lowest BCUT2D eigenvalue weighted by Gasteiger charge is -2.65. The standard InChI is InChI=1S/C29H34N4/c1-19-5-9-22(10-6-19)24-26(30-25(33-32-24)23-11-7-20(2)8-12-23)31-29-15-21-13-27(3,17-29)16-28(4,14-21)18-29/h5-12,21H,13-18H2,1-4H3,(H,30,31,33). The minimum atomic E-state index is 0.100. The van der Waals surface area contributed by atoms with E-state index in [4.69, 9.17) is 10.1 Å². The molecule has 4 aliphatic carbocycles. The Bertz CT molecular complexity index is 1180. The number of nitrogens with zero attached hydrogens (tertiary/aromatic N) is 3. The topological polar surface area (TPSA) is 50.7 Å². The van der Waals surface area contributed by atoms with Crippen molar-refractivity contribution in [3.05, 3.63) is 59.7 Å². The van der Waals surface area contributed by atoms with Crippen molar-refractivity contribution in [1.82, 2.24) is 15.2 Å². The highest BCUT2D eigenvalue weighted by molar-refractivity contribution is 5.73. The van der Waals surface area contributed by atoms with E-state index >= 15 is 0 Å². The molecular weight excluding hydrogens is 404 g/mol. The van der Waals surface area contributed by atoms with Crippen LogP contribution < -0.4 is 5.32 Å². The largest absolute Gasteiger partial charge is 0.363 e. The van der Waals surface area contributed by atoms with Gasteiger partial charge in [0.2, 0.25) is 0 Å². The van der Waals surface area contributed by atoms with Crippen LogP contribution in [-0.2, 0) is 0 Å². The highest BCUT2D eigenvalue weighted by Gasteiger charge is 2.60. The second-order valence-electron chi connectivity index (χ2n) is 12.1. The molecule has 7 rings (SSSR count). The predicted molar refractivity (Wildman–Crippen MR) is 134 cm³/mol. The van der Waals surface area contributed by atoms with Crippen LogP contribution in [-0.4, -0.2) is 20.7 Å². The first-order chi connectivity index (χ1) is 15.7. The normalized spacial score (nSPS) is 32.2. The monoisotopic (exact) mass is 438 g/mol. The van der Waals surface area contributed by atoms with Gasteiger partial charge in [-0.15, -0.1) is 10.2 Å². The van der Waals surface area contributed by atoms with Gasteiger partial charge in [0.25, 0.3) is 0 Å². The first-order valence-corrected chi connectivity index (χ1v) is 12.4. The van der Waals surface area contributed by atoms with Crippen LogP contribution in [0.5, 0.6) is 0 Å². The highest BCUT2D eigenvalue weighted by atomic mass is 15.2. The molecule has 1 N–H and O–H groups in total. The molecule has 2 atom stereocenters. The number of rotatable bonds is 4. The zero-order valence-electron chi connectivity index (χ0n) is 20.3. The van der Waals surface area contributed by atoms with Gasteiger partial charge in [-0.3, -0.25) is 0 Å². The average Bonchev–Trinajstić information content (AvgIpc) is 2.72. The van der Waals surface area contributed by atoms with Crippen molar-refractivity contribution in [2.24, 2.45) is 16.7 Å². The molecule has 3 aromatic rings. The van der Waals surface area contributed by atoms with E-state index < -0.39 is 0 Å². The molecule has 0 spiro atoms. The maximum absolute atomic E-state index is 5.11. The minimum absolute atomic E-state index is 0.100. The Morgan fingerprint density at radius 3 is 1.88 bits per heavy atom. The number of aryl methyl sites for hydroxylation is 2. The molecule has 4 saturated carbocycles. The number of hydrogen-bond donors (Lipinski definition) is 1. The number of nitrogens with one attached hydrogen (secondary N) is 1. The molecule has 4 fully saturated rings. The average molecular weight is 439 g/mol. The third kappa shape index (κ3) is 3.74. The maximum atomic E-state index is 5.11. The Balaban J connectivity index is 1.44. The Hall–Kier alpha value is -2.75. The lowest BCUT2D eigenvalue weighted by molar-refractivity contribution is -0.0973. The molecule has 0 saturated heterocycles. The highest BCUT2D eigenvalue weighted by Crippen LogP contribution is 2.67. The summed E-state index contributed by atoms with van der Waals surface area (Å²) in [6.07, 6.45) is 7.82. The first-order valence-electron chi connectivity index (χ1n) is 12.4. The Morgan fingerprint density at radius 1 is 0.727 bits per heavy atom. The maximum Gasteiger partial charge on any atom is 0.183 e. The lowest BCUT2D eigenvalue weighted by Crippen LogP contribution is -2.61. The molecule has 4 aliphatic rings. The van der Waals surface area contributed by atoms with E-state index in [2.05, 4.69) is 86.6 Å². The van der Waals surface area contributed by atoms with Gasteiger partial charge in [-0.2, -0.15) is 0 Å². The Morgan fingerprint density at radius 2 is 1.30 bits per heavy atom. The van der Waals surface area contributed by atoms with Crippen molar-refractivity contribution < 1.29 is 0 Å². The summed E-state index contributed by atoms with van der Waals surface area (Å²) in [7, 11) is 0. The number of benzene rings is 2. The van der Waals surface area contributed by atoms with E-state index in [9.17, 15) is 0 Å². The van der Waals surface area contributed by atoms with Crippen LogP contribution in [0.25, 0.3) is 22.6 Å². The number of hydrogen-bond acceptors (Lipinski definition) is 4. The molecule has 4 heteroatoms. The molecule has 0 radical (unpaired) electrons. The van der Waals surface area contributed by atoms with Crippen molar-refractivity contribution in [2.45, 2.75) is 71.8 Å². The summed E-state index contributed by atoms with van der Waals surface area (Å²) < 4.78 is 0. The van der Waals surface area contributed by atoms with Gasteiger partial charge in [0.05, 0.1) is 0 Å². The summed E-state index contributed by atoms with van der Waals surface area (Å²) in [4.78, 5) is 5.11. The Labute approximate surface area is 197 Å². The summed E-state index contributed by atoms with van der Waals surface area (Å²) in [5, 5.41) is 13.3. The molecule has 0 aliphatic heterocycles. The molecule has 1 aromatic heterocycles. The summed E-state index contributed by atoms with van der Waals surface area (Å²) in [6.45, 7) is 9.25. The van der Waals surface area contributed by atoms with Crippen molar-refractivity contribution in [3.8, 4) is 22.6 Å². The quantitative estimate of drug-likeness (QED) is 0.477. The molecule has 2 unspecified atom stereocenters. The van der Waals surface area contributed by atoms with Gasteiger partial charge in [0.1, 0.15) is 5.69 Å². The van der Waals surface area contributed by atoms with E-state index in [0.717, 1.165) is 28.6 Å². The van der Waals surface area contributed by atoms with Crippen LogP contribution in [0.15, 0.2) is 48.5 Å². The van der Waals surface area contributed by atoms with Crippen molar-refractivity contribution in [1.29, 1.82) is 0 Å². The Kier molecular flexibility index (Phi) is 4.50. The zero-order valence-corrected chi connectivity index (χ0v) is 20.3. The third-order valence-electron chi connectivity index (χ3n) is 8.33. The molecule has 0 amide bonds. The SMILES string of the molecule is Cc1ccc(-c2nnc(-c3ccc(C)cc3)c(NC34CC5CC(C)(CC(C)(C5)C3)C4)n2)cc1. The number of aromatic nitrogens is 3. The van der Waals surface area contributed by atoms with Crippen molar-refractivity contribution >= 4 is 5.82 Å². The molecule has 33 heavy (non-hydrogen) atoms. The second-order valence-corrected chi connectivity index (χ2v) is 12.1. The fourth-order valence-corrected chi connectivity index (χ4v) is 7.98. The van der Waals surface area contributed by atoms with Crippen LogP contribution in [0, 0.1) is 30.6 Å². The van der Waals surface area contributed by atoms with Crippen LogP contribution in [0.1, 0.15) is 63.5 Å². The smallest absolute Gasteiger partial charge is 0.183 e.